The summed E-state index contributed by atoms with van der Waals surface area (Å²) in [6.07, 6.45) is 5.63. The van der Waals surface area contributed by atoms with Gasteiger partial charge in [-0.3, -0.25) is 0 Å². The molecular weight excluding hydrogens is 667 g/mol. The summed E-state index contributed by atoms with van der Waals surface area (Å²) in [5, 5.41) is 18.2. The van der Waals surface area contributed by atoms with E-state index in [0.29, 0.717) is 0 Å². The fraction of sp³-hybridized carbons (Fsp3) is 0. The Hall–Kier alpha value is -6.46. The van der Waals surface area contributed by atoms with E-state index in [1.54, 1.807) is 17.4 Å². The van der Waals surface area contributed by atoms with Gasteiger partial charge in [0.25, 0.3) is 0 Å². The first-order valence-electron chi connectivity index (χ1n) is 16.2. The maximum absolute atomic E-state index is 11.2. The Morgan fingerprint density at radius 3 is 1.33 bits per heavy atom. The normalized spacial score (nSPS) is 11.3. The average molecular weight is 698 g/mol. The van der Waals surface area contributed by atoms with Gasteiger partial charge in [-0.15, -0.1) is 22.7 Å². The second kappa shape index (κ2) is 15.4. The average Bonchev–Trinajstić information content (AvgIpc) is 3.86. The van der Waals surface area contributed by atoms with Gasteiger partial charge in [-0.1, -0.05) is 72.8 Å². The maximum atomic E-state index is 11.2. The van der Waals surface area contributed by atoms with Crippen molar-refractivity contribution >= 4 is 81.0 Å². The van der Waals surface area contributed by atoms with E-state index in [-0.39, 0.29) is 5.57 Å². The molecule has 7 rings (SSSR count). The second-order valence-electron chi connectivity index (χ2n) is 11.5. The van der Waals surface area contributed by atoms with Crippen LogP contribution in [0.4, 0.5) is 34.1 Å². The number of para-hydroxylation sites is 3. The Balaban J connectivity index is 1.12. The molecule has 2 aromatic heterocycles. The van der Waals surface area contributed by atoms with E-state index in [1.165, 1.54) is 17.4 Å². The van der Waals surface area contributed by atoms with Crippen molar-refractivity contribution < 1.29 is 9.90 Å². The number of carboxylic acids is 1. The molecule has 0 radical (unpaired) electrons. The minimum atomic E-state index is -1.22. The molecule has 0 aliphatic rings. The number of hydrogen-bond donors (Lipinski definition) is 1. The molecule has 0 atom stereocenters. The van der Waals surface area contributed by atoms with Gasteiger partial charge in [-0.2, -0.15) is 5.26 Å². The third-order valence-electron chi connectivity index (χ3n) is 8.13. The summed E-state index contributed by atoms with van der Waals surface area (Å²) in [5.74, 6) is -1.22. The lowest BCUT2D eigenvalue weighted by Gasteiger charge is -2.28. The van der Waals surface area contributed by atoms with Crippen molar-refractivity contribution in [1.82, 2.24) is 0 Å². The molecule has 0 fully saturated rings. The summed E-state index contributed by atoms with van der Waals surface area (Å²) in [5.41, 5.74) is 7.25. The number of hydrogen-bond acceptors (Lipinski definition) is 6. The number of aliphatic carboxylic acids is 1. The maximum Gasteiger partial charge on any atom is 0.346 e. The molecule has 7 aromatic rings. The van der Waals surface area contributed by atoms with Crippen LogP contribution in [0, 0.1) is 11.3 Å². The van der Waals surface area contributed by atoms with Gasteiger partial charge in [-0.25, -0.2) is 4.79 Å². The summed E-state index contributed by atoms with van der Waals surface area (Å²) in [4.78, 5) is 19.7. The predicted molar refractivity (Wildman–Crippen MR) is 214 cm³/mol. The highest BCUT2D eigenvalue weighted by Crippen LogP contribution is 2.39. The van der Waals surface area contributed by atoms with Crippen LogP contribution in [0.15, 0.2) is 169 Å². The molecule has 5 nitrogen and oxygen atoms in total. The molecule has 0 aliphatic carbocycles. The molecule has 0 amide bonds. The summed E-state index contributed by atoms with van der Waals surface area (Å²) < 4.78 is 0. The molecule has 0 saturated carbocycles. The third-order valence-corrected chi connectivity index (χ3v) is 10.4. The van der Waals surface area contributed by atoms with Crippen molar-refractivity contribution in [3.63, 3.8) is 0 Å². The van der Waals surface area contributed by atoms with Gasteiger partial charge in [-0.05, 0) is 115 Å². The zero-order valence-electron chi connectivity index (χ0n) is 27.3. The Bertz CT molecular complexity index is 2300. The molecule has 246 valence electrons. The highest BCUT2D eigenvalue weighted by Gasteiger charge is 2.16. The van der Waals surface area contributed by atoms with E-state index in [1.807, 2.05) is 30.3 Å². The topological polar surface area (TPSA) is 67.6 Å². The number of nitriles is 1. The molecule has 0 aliphatic heterocycles. The molecule has 0 saturated heterocycles. The van der Waals surface area contributed by atoms with Crippen molar-refractivity contribution in [2.24, 2.45) is 0 Å². The Labute approximate surface area is 305 Å². The van der Waals surface area contributed by atoms with Crippen LogP contribution in [-0.4, -0.2) is 11.1 Å². The van der Waals surface area contributed by atoms with E-state index < -0.39 is 5.97 Å². The van der Waals surface area contributed by atoms with Crippen LogP contribution in [0.25, 0.3) is 28.0 Å². The summed E-state index contributed by atoms with van der Waals surface area (Å²) in [6.45, 7) is 0. The molecule has 5 aromatic carbocycles. The standard InChI is InChI=1S/C44H31N3O2S2/c45-31-33(44(48)49)30-41-27-29-43(51-41)42-28-26-40(50-42)25-18-32-16-19-37(20-17-32)47(36-14-8-3-9-15-36)39-23-21-38(22-24-39)46(34-10-4-1-5-11-34)35-12-6-2-7-13-35/h1-30H,(H,48,49)/b25-18+,33-30+. The first-order valence-corrected chi connectivity index (χ1v) is 17.9. The van der Waals surface area contributed by atoms with Crippen molar-refractivity contribution in [3.8, 4) is 15.8 Å². The van der Waals surface area contributed by atoms with Crippen LogP contribution in [0.3, 0.4) is 0 Å². The molecule has 0 bridgehead atoms. The Morgan fingerprint density at radius 1 is 0.510 bits per heavy atom. The van der Waals surface area contributed by atoms with Gasteiger partial charge >= 0.3 is 5.97 Å². The smallest absolute Gasteiger partial charge is 0.346 e. The van der Waals surface area contributed by atoms with E-state index in [4.69, 9.17) is 10.4 Å². The van der Waals surface area contributed by atoms with Crippen LogP contribution in [-0.2, 0) is 4.79 Å². The van der Waals surface area contributed by atoms with E-state index >= 15 is 0 Å². The van der Waals surface area contributed by atoms with Crippen molar-refractivity contribution in [3.05, 3.63) is 185 Å². The molecule has 51 heavy (non-hydrogen) atoms. The predicted octanol–water partition coefficient (Wildman–Crippen LogP) is 12.6. The number of rotatable bonds is 11. The lowest BCUT2D eigenvalue weighted by atomic mass is 10.1. The zero-order chi connectivity index (χ0) is 35.0. The Kier molecular flexibility index (Phi) is 9.98. The molecule has 1 N–H and O–H groups in total. The van der Waals surface area contributed by atoms with E-state index in [0.717, 1.165) is 59.2 Å². The van der Waals surface area contributed by atoms with E-state index in [9.17, 15) is 4.79 Å². The molecular formula is C44H31N3O2S2. The SMILES string of the molecule is N#C/C(=C\c1ccc(-c2ccc(/C=C/c3ccc(N(c4ccccc4)c4ccc(N(c5ccccc5)c5ccccc5)cc4)cc3)s2)s1)C(=O)O. The highest BCUT2D eigenvalue weighted by molar-refractivity contribution is 7.23. The molecule has 2 heterocycles. The fourth-order valence-electron chi connectivity index (χ4n) is 5.71. The monoisotopic (exact) mass is 697 g/mol. The van der Waals surface area contributed by atoms with Crippen LogP contribution >= 0.6 is 22.7 Å². The van der Waals surface area contributed by atoms with Gasteiger partial charge < -0.3 is 14.9 Å². The van der Waals surface area contributed by atoms with Crippen LogP contribution < -0.4 is 9.80 Å². The van der Waals surface area contributed by atoms with Gasteiger partial charge in [0, 0.05) is 53.6 Å². The van der Waals surface area contributed by atoms with Crippen molar-refractivity contribution in [1.29, 1.82) is 5.26 Å². The van der Waals surface area contributed by atoms with Gasteiger partial charge in [0.1, 0.15) is 11.6 Å². The Morgan fingerprint density at radius 2 is 0.902 bits per heavy atom. The quantitative estimate of drug-likeness (QED) is 0.108. The van der Waals surface area contributed by atoms with Crippen molar-refractivity contribution in [2.75, 3.05) is 9.80 Å². The number of benzene rings is 5. The number of nitrogens with zero attached hydrogens (tertiary/aromatic N) is 3. The third kappa shape index (κ3) is 7.74. The lowest BCUT2D eigenvalue weighted by Crippen LogP contribution is -2.12. The summed E-state index contributed by atoms with van der Waals surface area (Å²) in [6, 6.07) is 58.1. The first-order chi connectivity index (χ1) is 25.1. The molecule has 0 unspecified atom stereocenters. The van der Waals surface area contributed by atoms with E-state index in [2.05, 4.69) is 155 Å². The highest BCUT2D eigenvalue weighted by atomic mass is 32.1. The fourth-order valence-corrected chi connectivity index (χ4v) is 7.66. The van der Waals surface area contributed by atoms with Crippen LogP contribution in [0.5, 0.6) is 0 Å². The second-order valence-corrected chi connectivity index (χ2v) is 13.7. The summed E-state index contributed by atoms with van der Waals surface area (Å²) in [7, 11) is 0. The number of carbonyl (C=O) groups is 1. The first kappa shape index (κ1) is 33.1. The van der Waals surface area contributed by atoms with Crippen LogP contribution in [0.2, 0.25) is 0 Å². The van der Waals surface area contributed by atoms with Gasteiger partial charge in [0.2, 0.25) is 0 Å². The molecule has 7 heteroatoms. The molecule has 0 spiro atoms. The van der Waals surface area contributed by atoms with Gasteiger partial charge in [0.15, 0.2) is 0 Å². The van der Waals surface area contributed by atoms with Crippen LogP contribution in [0.1, 0.15) is 15.3 Å². The summed E-state index contributed by atoms with van der Waals surface area (Å²) >= 11 is 3.13. The number of anilines is 6. The zero-order valence-corrected chi connectivity index (χ0v) is 29.0. The van der Waals surface area contributed by atoms with Gasteiger partial charge in [0.05, 0.1) is 0 Å². The number of carboxylic acid groups (broad SMARTS) is 1. The minimum absolute atomic E-state index is 0.275. The largest absolute Gasteiger partial charge is 0.477 e. The lowest BCUT2D eigenvalue weighted by molar-refractivity contribution is -0.132. The minimum Gasteiger partial charge on any atom is -0.477 e. The van der Waals surface area contributed by atoms with Crippen molar-refractivity contribution in [2.45, 2.75) is 0 Å². The number of thiophene rings is 2.